The highest BCUT2D eigenvalue weighted by Crippen LogP contribution is 2.11. The van der Waals surface area contributed by atoms with E-state index in [-0.39, 0.29) is 11.8 Å². The highest BCUT2D eigenvalue weighted by molar-refractivity contribution is 5.76. The molecule has 36 heavy (non-hydrogen) atoms. The van der Waals surface area contributed by atoms with E-state index in [0.29, 0.717) is 12.8 Å². The summed E-state index contributed by atoms with van der Waals surface area (Å²) in [6, 6.07) is 0. The smallest absolute Gasteiger partial charge is 0.219 e. The number of nitrogens with one attached hydrogen (secondary N) is 2. The largest absolute Gasteiger partial charge is 0.356 e. The van der Waals surface area contributed by atoms with Gasteiger partial charge in [0.15, 0.2) is 0 Å². The SMILES string of the molecule is CCCCCCCCCC(=O)NCCCCCCCCCCCCNC(=O)CCCCCCCCC. The predicted octanol–water partition coefficient (Wildman–Crippen LogP) is 9.40. The van der Waals surface area contributed by atoms with Gasteiger partial charge in [0.1, 0.15) is 0 Å². The van der Waals surface area contributed by atoms with Crippen molar-refractivity contribution in [3.05, 3.63) is 0 Å². The molecule has 0 rings (SSSR count). The first kappa shape index (κ1) is 34.9. The van der Waals surface area contributed by atoms with Crippen molar-refractivity contribution in [3.8, 4) is 0 Å². The molecule has 4 heteroatoms. The Morgan fingerprint density at radius 3 is 0.917 bits per heavy atom. The van der Waals surface area contributed by atoms with Crippen molar-refractivity contribution in [1.29, 1.82) is 0 Å². The lowest BCUT2D eigenvalue weighted by Gasteiger charge is -2.06. The van der Waals surface area contributed by atoms with Crippen LogP contribution < -0.4 is 10.6 Å². The Balaban J connectivity index is 3.20. The fraction of sp³-hybridized carbons (Fsp3) is 0.938. The van der Waals surface area contributed by atoms with E-state index in [1.54, 1.807) is 0 Å². The molecular weight excluding hydrogens is 444 g/mol. The molecule has 0 radical (unpaired) electrons. The number of hydrogen-bond acceptors (Lipinski definition) is 2. The standard InChI is InChI=1S/C32H64N2O2/c1-3-5-7-9-15-19-23-27-31(35)33-29-25-21-17-13-11-12-14-18-22-26-30-34-32(36)28-24-20-16-10-8-6-4-2/h3-30H2,1-2H3,(H,33,35)(H,34,36). The zero-order chi connectivity index (χ0) is 26.4. The number of carbonyl (C=O) groups is 2. The zero-order valence-corrected chi connectivity index (χ0v) is 24.6. The maximum atomic E-state index is 11.9. The van der Waals surface area contributed by atoms with Crippen molar-refractivity contribution in [3.63, 3.8) is 0 Å². The third-order valence-electron chi connectivity index (χ3n) is 7.26. The molecule has 0 heterocycles. The van der Waals surface area contributed by atoms with Crippen LogP contribution in [0.15, 0.2) is 0 Å². The van der Waals surface area contributed by atoms with Crippen molar-refractivity contribution in [1.82, 2.24) is 10.6 Å². The number of carbonyl (C=O) groups excluding carboxylic acids is 2. The van der Waals surface area contributed by atoms with Crippen molar-refractivity contribution in [2.45, 2.75) is 181 Å². The maximum absolute atomic E-state index is 11.9. The maximum Gasteiger partial charge on any atom is 0.219 e. The fourth-order valence-corrected chi connectivity index (χ4v) is 4.78. The van der Waals surface area contributed by atoms with Gasteiger partial charge in [-0.05, 0) is 25.7 Å². The topological polar surface area (TPSA) is 58.2 Å². The highest BCUT2D eigenvalue weighted by atomic mass is 16.2. The average Bonchev–Trinajstić information content (AvgIpc) is 2.87. The molecule has 0 aromatic heterocycles. The Bertz CT molecular complexity index is 425. The van der Waals surface area contributed by atoms with Crippen LogP contribution in [0.4, 0.5) is 0 Å². The zero-order valence-electron chi connectivity index (χ0n) is 24.6. The summed E-state index contributed by atoms with van der Waals surface area (Å²) in [4.78, 5) is 23.7. The lowest BCUT2D eigenvalue weighted by atomic mass is 10.1. The van der Waals surface area contributed by atoms with Crippen molar-refractivity contribution in [2.75, 3.05) is 13.1 Å². The molecule has 0 fully saturated rings. The van der Waals surface area contributed by atoms with Gasteiger partial charge in [0.25, 0.3) is 0 Å². The van der Waals surface area contributed by atoms with Crippen molar-refractivity contribution in [2.24, 2.45) is 0 Å². The van der Waals surface area contributed by atoms with Gasteiger partial charge in [0, 0.05) is 25.9 Å². The summed E-state index contributed by atoms with van der Waals surface area (Å²) in [5, 5.41) is 6.18. The molecule has 0 unspecified atom stereocenters. The minimum atomic E-state index is 0.247. The van der Waals surface area contributed by atoms with E-state index >= 15 is 0 Å². The van der Waals surface area contributed by atoms with Crippen molar-refractivity contribution < 1.29 is 9.59 Å². The van der Waals surface area contributed by atoms with E-state index < -0.39 is 0 Å². The second kappa shape index (κ2) is 30.2. The van der Waals surface area contributed by atoms with Crippen LogP contribution >= 0.6 is 0 Å². The molecule has 214 valence electrons. The van der Waals surface area contributed by atoms with E-state index in [1.165, 1.54) is 128 Å². The molecule has 0 saturated heterocycles. The highest BCUT2D eigenvalue weighted by Gasteiger charge is 2.02. The van der Waals surface area contributed by atoms with Crippen molar-refractivity contribution >= 4 is 11.8 Å². The van der Waals surface area contributed by atoms with E-state index in [1.807, 2.05) is 0 Å². The van der Waals surface area contributed by atoms with E-state index in [0.717, 1.165) is 38.8 Å². The normalized spacial score (nSPS) is 11.1. The molecule has 0 aliphatic heterocycles. The van der Waals surface area contributed by atoms with Crippen LogP contribution in [0.5, 0.6) is 0 Å². The Labute approximate surface area is 225 Å². The van der Waals surface area contributed by atoms with Gasteiger partial charge in [0.2, 0.25) is 11.8 Å². The molecule has 0 bridgehead atoms. The Morgan fingerprint density at radius 1 is 0.361 bits per heavy atom. The van der Waals surface area contributed by atoms with Gasteiger partial charge in [0.05, 0.1) is 0 Å². The molecular formula is C32H64N2O2. The Hall–Kier alpha value is -1.06. The van der Waals surface area contributed by atoms with Crippen LogP contribution in [0, 0.1) is 0 Å². The third-order valence-corrected chi connectivity index (χ3v) is 7.26. The molecule has 0 spiro atoms. The average molecular weight is 509 g/mol. The number of hydrogen-bond donors (Lipinski definition) is 2. The summed E-state index contributed by atoms with van der Waals surface area (Å²) in [6.45, 7) is 6.20. The fourth-order valence-electron chi connectivity index (χ4n) is 4.78. The molecule has 0 aliphatic carbocycles. The van der Waals surface area contributed by atoms with Crippen LogP contribution in [0.1, 0.15) is 181 Å². The first-order chi connectivity index (χ1) is 17.7. The monoisotopic (exact) mass is 508 g/mol. The Morgan fingerprint density at radius 2 is 0.611 bits per heavy atom. The van der Waals surface area contributed by atoms with Gasteiger partial charge in [-0.1, -0.05) is 142 Å². The number of amides is 2. The van der Waals surface area contributed by atoms with E-state index in [9.17, 15) is 9.59 Å². The van der Waals surface area contributed by atoms with Gasteiger partial charge in [-0.2, -0.15) is 0 Å². The van der Waals surface area contributed by atoms with Gasteiger partial charge in [-0.25, -0.2) is 0 Å². The molecule has 0 aromatic rings. The van der Waals surface area contributed by atoms with Crippen LogP contribution in [-0.2, 0) is 9.59 Å². The molecule has 2 N–H and O–H groups in total. The van der Waals surface area contributed by atoms with Gasteiger partial charge in [-0.3, -0.25) is 9.59 Å². The first-order valence-corrected chi connectivity index (χ1v) is 16.2. The Kier molecular flexibility index (Phi) is 29.3. The summed E-state index contributed by atoms with van der Waals surface area (Å²) < 4.78 is 0. The lowest BCUT2D eigenvalue weighted by Crippen LogP contribution is -2.23. The molecule has 0 saturated carbocycles. The second-order valence-electron chi connectivity index (χ2n) is 11.0. The minimum Gasteiger partial charge on any atom is -0.356 e. The summed E-state index contributed by atoms with van der Waals surface area (Å²) in [7, 11) is 0. The number of rotatable bonds is 29. The molecule has 2 amide bonds. The third kappa shape index (κ3) is 29.2. The minimum absolute atomic E-state index is 0.247. The summed E-state index contributed by atoms with van der Waals surface area (Å²) >= 11 is 0. The van der Waals surface area contributed by atoms with Crippen LogP contribution in [0.2, 0.25) is 0 Å². The van der Waals surface area contributed by atoms with Gasteiger partial charge >= 0.3 is 0 Å². The van der Waals surface area contributed by atoms with E-state index in [2.05, 4.69) is 24.5 Å². The molecule has 4 nitrogen and oxygen atoms in total. The second-order valence-corrected chi connectivity index (χ2v) is 11.0. The first-order valence-electron chi connectivity index (χ1n) is 16.2. The number of unbranched alkanes of at least 4 members (excludes halogenated alkanes) is 21. The summed E-state index contributed by atoms with van der Waals surface area (Å²) in [5.74, 6) is 0.493. The van der Waals surface area contributed by atoms with Crippen LogP contribution in [-0.4, -0.2) is 24.9 Å². The molecule has 0 aliphatic rings. The predicted molar refractivity (Wildman–Crippen MR) is 157 cm³/mol. The van der Waals surface area contributed by atoms with Gasteiger partial charge in [-0.15, -0.1) is 0 Å². The summed E-state index contributed by atoms with van der Waals surface area (Å²) in [6.07, 6.45) is 31.7. The van der Waals surface area contributed by atoms with Crippen LogP contribution in [0.25, 0.3) is 0 Å². The quantitative estimate of drug-likeness (QED) is 0.0988. The van der Waals surface area contributed by atoms with Crippen LogP contribution in [0.3, 0.4) is 0 Å². The van der Waals surface area contributed by atoms with Gasteiger partial charge < -0.3 is 10.6 Å². The summed E-state index contributed by atoms with van der Waals surface area (Å²) in [5.41, 5.74) is 0. The lowest BCUT2D eigenvalue weighted by molar-refractivity contribution is -0.122. The molecule has 0 aromatic carbocycles. The van der Waals surface area contributed by atoms with E-state index in [4.69, 9.17) is 0 Å². The molecule has 0 atom stereocenters.